The Kier molecular flexibility index (Phi) is 1.04. The highest BCUT2D eigenvalue weighted by atomic mass is 16.6. The second-order valence-electron chi connectivity index (χ2n) is 4.70. The summed E-state index contributed by atoms with van der Waals surface area (Å²) in [5, 5.41) is 9.88. The maximum Gasteiger partial charge on any atom is 0.115 e. The normalized spacial score (nSPS) is 67.8. The van der Waals surface area contributed by atoms with Crippen LogP contribution in [0.1, 0.15) is 20.3 Å². The molecule has 2 bridgehead atoms. The fraction of sp³-hybridized carbons (Fsp3) is 1.00. The lowest BCUT2D eigenvalue weighted by Gasteiger charge is -2.28. The Morgan fingerprint density at radius 1 is 1.42 bits per heavy atom. The maximum absolute atomic E-state index is 9.88. The summed E-state index contributed by atoms with van der Waals surface area (Å²) in [7, 11) is 0. The van der Waals surface area contributed by atoms with Crippen molar-refractivity contribution in [1.82, 2.24) is 0 Å². The SMILES string of the molecule is CC12CC3COC(C1O)C3(C)O2. The van der Waals surface area contributed by atoms with Crippen molar-refractivity contribution in [2.75, 3.05) is 6.61 Å². The van der Waals surface area contributed by atoms with Crippen LogP contribution in [0.5, 0.6) is 0 Å². The third-order valence-corrected chi connectivity index (χ3v) is 3.87. The first-order chi connectivity index (χ1) is 5.56. The van der Waals surface area contributed by atoms with Crippen LogP contribution in [0.4, 0.5) is 0 Å². The number of fused-ring (bicyclic) bond motifs is 1. The molecule has 3 aliphatic heterocycles. The van der Waals surface area contributed by atoms with E-state index >= 15 is 0 Å². The standard InChI is InChI=1S/C9H14O3/c1-8-3-5-4-11-7(6(8)10)9(5,2)12-8/h5-7,10H,3-4H2,1-2H3. The third-order valence-electron chi connectivity index (χ3n) is 3.87. The van der Waals surface area contributed by atoms with E-state index in [4.69, 9.17) is 9.47 Å². The van der Waals surface area contributed by atoms with E-state index in [1.807, 2.05) is 6.92 Å². The van der Waals surface area contributed by atoms with E-state index in [9.17, 15) is 5.11 Å². The molecule has 12 heavy (non-hydrogen) atoms. The Morgan fingerprint density at radius 2 is 2.17 bits per heavy atom. The van der Waals surface area contributed by atoms with Crippen LogP contribution in [0, 0.1) is 5.92 Å². The lowest BCUT2D eigenvalue weighted by atomic mass is 9.74. The Balaban J connectivity index is 2.11. The Labute approximate surface area is 71.7 Å². The summed E-state index contributed by atoms with van der Waals surface area (Å²) < 4.78 is 11.4. The summed E-state index contributed by atoms with van der Waals surface area (Å²) in [5.74, 6) is 0.496. The fourth-order valence-corrected chi connectivity index (χ4v) is 3.13. The van der Waals surface area contributed by atoms with Crippen molar-refractivity contribution < 1.29 is 14.6 Å². The van der Waals surface area contributed by atoms with Crippen molar-refractivity contribution in [3.8, 4) is 0 Å². The van der Waals surface area contributed by atoms with E-state index in [-0.39, 0.29) is 17.3 Å². The molecule has 3 heteroatoms. The summed E-state index contributed by atoms with van der Waals surface area (Å²) in [4.78, 5) is 0. The van der Waals surface area contributed by atoms with Gasteiger partial charge in [-0.3, -0.25) is 0 Å². The van der Waals surface area contributed by atoms with Crippen molar-refractivity contribution >= 4 is 0 Å². The molecule has 68 valence electrons. The van der Waals surface area contributed by atoms with Gasteiger partial charge in [-0.15, -0.1) is 0 Å². The Bertz CT molecular complexity index is 242. The van der Waals surface area contributed by atoms with Crippen LogP contribution in [0.25, 0.3) is 0 Å². The van der Waals surface area contributed by atoms with E-state index in [1.165, 1.54) is 0 Å². The van der Waals surface area contributed by atoms with Crippen molar-refractivity contribution in [1.29, 1.82) is 0 Å². The zero-order valence-electron chi connectivity index (χ0n) is 7.41. The minimum Gasteiger partial charge on any atom is -0.387 e. The molecule has 3 heterocycles. The first-order valence-electron chi connectivity index (χ1n) is 4.56. The molecule has 3 rings (SSSR count). The van der Waals surface area contributed by atoms with E-state index < -0.39 is 6.10 Å². The molecule has 0 aromatic carbocycles. The van der Waals surface area contributed by atoms with Crippen molar-refractivity contribution in [3.63, 3.8) is 0 Å². The highest BCUT2D eigenvalue weighted by Gasteiger charge is 2.71. The van der Waals surface area contributed by atoms with Gasteiger partial charge in [0.05, 0.1) is 12.2 Å². The smallest absolute Gasteiger partial charge is 0.115 e. The summed E-state index contributed by atoms with van der Waals surface area (Å²) in [6.07, 6.45) is 0.434. The summed E-state index contributed by atoms with van der Waals surface area (Å²) >= 11 is 0. The number of aliphatic hydroxyl groups excluding tert-OH is 1. The van der Waals surface area contributed by atoms with Crippen LogP contribution in [-0.4, -0.2) is 35.1 Å². The van der Waals surface area contributed by atoms with E-state index in [0.29, 0.717) is 5.92 Å². The van der Waals surface area contributed by atoms with Gasteiger partial charge >= 0.3 is 0 Å². The minimum absolute atomic E-state index is 0.0822. The quantitative estimate of drug-likeness (QED) is 0.568. The molecule has 3 aliphatic rings. The summed E-state index contributed by atoms with van der Waals surface area (Å²) in [6.45, 7) is 4.81. The Morgan fingerprint density at radius 3 is 2.75 bits per heavy atom. The van der Waals surface area contributed by atoms with Crippen molar-refractivity contribution in [3.05, 3.63) is 0 Å². The molecule has 3 nitrogen and oxygen atoms in total. The summed E-state index contributed by atoms with van der Waals surface area (Å²) in [6, 6.07) is 0. The first kappa shape index (κ1) is 7.30. The molecule has 3 saturated heterocycles. The molecular formula is C9H14O3. The zero-order valence-corrected chi connectivity index (χ0v) is 7.41. The predicted octanol–water partition coefficient (Wildman–Crippen LogP) is 0.314. The van der Waals surface area contributed by atoms with Gasteiger partial charge in [0, 0.05) is 5.92 Å². The molecule has 0 radical (unpaired) electrons. The second kappa shape index (κ2) is 1.72. The van der Waals surface area contributed by atoms with Crippen LogP contribution in [0.3, 0.4) is 0 Å². The number of ether oxygens (including phenoxy) is 2. The molecule has 0 aromatic rings. The van der Waals surface area contributed by atoms with Gasteiger partial charge in [-0.05, 0) is 20.3 Å². The topological polar surface area (TPSA) is 38.7 Å². The van der Waals surface area contributed by atoms with Gasteiger partial charge in [-0.1, -0.05) is 0 Å². The monoisotopic (exact) mass is 170 g/mol. The van der Waals surface area contributed by atoms with Crippen molar-refractivity contribution in [2.45, 2.75) is 43.7 Å². The molecule has 3 fully saturated rings. The molecule has 0 spiro atoms. The number of hydrogen-bond acceptors (Lipinski definition) is 3. The molecule has 5 unspecified atom stereocenters. The average Bonchev–Trinajstić information content (AvgIpc) is 2.39. The average molecular weight is 170 g/mol. The highest BCUT2D eigenvalue weighted by molar-refractivity contribution is 5.19. The number of rotatable bonds is 0. The van der Waals surface area contributed by atoms with E-state index in [0.717, 1.165) is 13.0 Å². The van der Waals surface area contributed by atoms with Crippen LogP contribution in [0.15, 0.2) is 0 Å². The van der Waals surface area contributed by atoms with Crippen LogP contribution in [0.2, 0.25) is 0 Å². The lowest BCUT2D eigenvalue weighted by Crippen LogP contribution is -2.46. The molecule has 0 aromatic heterocycles. The molecule has 0 saturated carbocycles. The predicted molar refractivity (Wildman–Crippen MR) is 41.7 cm³/mol. The van der Waals surface area contributed by atoms with Gasteiger partial charge in [0.15, 0.2) is 0 Å². The molecule has 0 aliphatic carbocycles. The maximum atomic E-state index is 9.88. The van der Waals surface area contributed by atoms with Crippen molar-refractivity contribution in [2.24, 2.45) is 5.92 Å². The second-order valence-corrected chi connectivity index (χ2v) is 4.70. The Hall–Kier alpha value is -0.120. The largest absolute Gasteiger partial charge is 0.387 e. The van der Waals surface area contributed by atoms with Gasteiger partial charge in [0.2, 0.25) is 0 Å². The number of aliphatic hydroxyl groups is 1. The zero-order chi connectivity index (χ0) is 8.56. The summed E-state index contributed by atoms with van der Waals surface area (Å²) in [5.41, 5.74) is -0.533. The fourth-order valence-electron chi connectivity index (χ4n) is 3.13. The third kappa shape index (κ3) is 0.543. The molecule has 0 amide bonds. The van der Waals surface area contributed by atoms with Gasteiger partial charge in [0.25, 0.3) is 0 Å². The van der Waals surface area contributed by atoms with E-state index in [2.05, 4.69) is 6.92 Å². The van der Waals surface area contributed by atoms with Gasteiger partial charge in [-0.2, -0.15) is 0 Å². The molecule has 1 N–H and O–H groups in total. The highest BCUT2D eigenvalue weighted by Crippen LogP contribution is 2.58. The van der Waals surface area contributed by atoms with Gasteiger partial charge in [-0.25, -0.2) is 0 Å². The van der Waals surface area contributed by atoms with Gasteiger partial charge in [0.1, 0.15) is 17.8 Å². The first-order valence-corrected chi connectivity index (χ1v) is 4.56. The van der Waals surface area contributed by atoms with Crippen LogP contribution < -0.4 is 0 Å². The van der Waals surface area contributed by atoms with Crippen LogP contribution in [-0.2, 0) is 9.47 Å². The number of hydrogen-bond donors (Lipinski definition) is 1. The lowest BCUT2D eigenvalue weighted by molar-refractivity contribution is -0.0591. The minimum atomic E-state index is -0.429. The van der Waals surface area contributed by atoms with E-state index in [1.54, 1.807) is 0 Å². The van der Waals surface area contributed by atoms with Crippen LogP contribution >= 0.6 is 0 Å². The molecule has 5 atom stereocenters. The molecular weight excluding hydrogens is 156 g/mol. The van der Waals surface area contributed by atoms with Gasteiger partial charge < -0.3 is 14.6 Å².